The molecule has 1 unspecified atom stereocenters. The normalized spacial score (nSPS) is 16.8. The molecule has 2 heterocycles. The Morgan fingerprint density at radius 1 is 1.17 bits per heavy atom. The van der Waals surface area contributed by atoms with Crippen molar-refractivity contribution in [3.63, 3.8) is 0 Å². The highest BCUT2D eigenvalue weighted by atomic mass is 16.5. The van der Waals surface area contributed by atoms with Crippen LogP contribution in [0, 0.1) is 0 Å². The summed E-state index contributed by atoms with van der Waals surface area (Å²) in [5.41, 5.74) is 3.55. The van der Waals surface area contributed by atoms with Crippen LogP contribution in [0.1, 0.15) is 23.5 Å². The van der Waals surface area contributed by atoms with E-state index in [1.807, 2.05) is 31.3 Å². The van der Waals surface area contributed by atoms with Gasteiger partial charge in [-0.05, 0) is 41.8 Å². The van der Waals surface area contributed by atoms with Crippen molar-refractivity contribution in [3.05, 3.63) is 72.3 Å². The van der Waals surface area contributed by atoms with E-state index in [0.29, 0.717) is 5.92 Å². The summed E-state index contributed by atoms with van der Waals surface area (Å²) >= 11 is 0. The highest BCUT2D eigenvalue weighted by Crippen LogP contribution is 2.28. The number of benzene rings is 2. The van der Waals surface area contributed by atoms with E-state index in [4.69, 9.17) is 4.74 Å². The third-order valence-corrected chi connectivity index (χ3v) is 5.36. The van der Waals surface area contributed by atoms with Gasteiger partial charge in [-0.3, -0.25) is 4.99 Å². The van der Waals surface area contributed by atoms with Gasteiger partial charge in [0.1, 0.15) is 18.4 Å². The van der Waals surface area contributed by atoms with Gasteiger partial charge in [-0.2, -0.15) is 5.10 Å². The number of ether oxygens (including phenoxy) is 1. The first-order valence-electron chi connectivity index (χ1n) is 9.80. The lowest BCUT2D eigenvalue weighted by Crippen LogP contribution is -2.39. The van der Waals surface area contributed by atoms with Crippen molar-refractivity contribution in [2.75, 3.05) is 27.2 Å². The van der Waals surface area contributed by atoms with Gasteiger partial charge in [0.25, 0.3) is 0 Å². The number of likely N-dealkylation sites (tertiary alicyclic amines) is 1. The fourth-order valence-corrected chi connectivity index (χ4v) is 3.72. The molecular formula is C22H26N6O. The molecule has 1 fully saturated rings. The first-order valence-corrected chi connectivity index (χ1v) is 9.80. The van der Waals surface area contributed by atoms with Gasteiger partial charge in [0.05, 0.1) is 12.8 Å². The molecule has 1 N–H and O–H groups in total. The molecule has 1 atom stereocenters. The molecule has 0 radical (unpaired) electrons. The van der Waals surface area contributed by atoms with E-state index >= 15 is 0 Å². The molecule has 0 amide bonds. The van der Waals surface area contributed by atoms with Crippen molar-refractivity contribution in [1.29, 1.82) is 0 Å². The number of nitrogens with one attached hydrogen (secondary N) is 1. The van der Waals surface area contributed by atoms with Crippen molar-refractivity contribution >= 4 is 5.96 Å². The van der Waals surface area contributed by atoms with Gasteiger partial charge in [-0.25, -0.2) is 9.67 Å². The van der Waals surface area contributed by atoms with Crippen LogP contribution >= 0.6 is 0 Å². The smallest absolute Gasteiger partial charge is 0.193 e. The topological polar surface area (TPSA) is 67.6 Å². The van der Waals surface area contributed by atoms with Crippen LogP contribution in [0.3, 0.4) is 0 Å². The summed E-state index contributed by atoms with van der Waals surface area (Å²) in [6.45, 7) is 2.70. The van der Waals surface area contributed by atoms with E-state index in [2.05, 4.69) is 49.6 Å². The molecule has 0 saturated carbocycles. The third kappa shape index (κ3) is 4.39. The largest absolute Gasteiger partial charge is 0.497 e. The van der Waals surface area contributed by atoms with Crippen LogP contribution in [0.2, 0.25) is 0 Å². The van der Waals surface area contributed by atoms with Crippen LogP contribution in [0.15, 0.2) is 66.2 Å². The van der Waals surface area contributed by atoms with Crippen molar-refractivity contribution < 1.29 is 4.74 Å². The molecule has 0 spiro atoms. The number of guanidine groups is 1. The lowest BCUT2D eigenvalue weighted by molar-refractivity contribution is 0.414. The Kier molecular flexibility index (Phi) is 5.74. The predicted molar refractivity (Wildman–Crippen MR) is 113 cm³/mol. The zero-order chi connectivity index (χ0) is 20.1. The van der Waals surface area contributed by atoms with Crippen LogP contribution in [-0.2, 0) is 6.54 Å². The average Bonchev–Trinajstić information content (AvgIpc) is 3.48. The minimum Gasteiger partial charge on any atom is -0.497 e. The highest BCUT2D eigenvalue weighted by molar-refractivity contribution is 5.80. The van der Waals surface area contributed by atoms with E-state index in [0.717, 1.165) is 43.5 Å². The summed E-state index contributed by atoms with van der Waals surface area (Å²) in [4.78, 5) is 10.8. The van der Waals surface area contributed by atoms with Crippen molar-refractivity contribution in [2.24, 2.45) is 4.99 Å². The Morgan fingerprint density at radius 3 is 2.62 bits per heavy atom. The van der Waals surface area contributed by atoms with Gasteiger partial charge < -0.3 is 15.0 Å². The Balaban J connectivity index is 1.33. The lowest BCUT2D eigenvalue weighted by Gasteiger charge is -2.22. The molecule has 1 aliphatic rings. The molecule has 7 nitrogen and oxygen atoms in total. The molecule has 7 heteroatoms. The van der Waals surface area contributed by atoms with E-state index in [9.17, 15) is 0 Å². The molecule has 150 valence electrons. The van der Waals surface area contributed by atoms with E-state index in [1.165, 1.54) is 17.5 Å². The number of hydrogen-bond donors (Lipinski definition) is 1. The molecule has 0 aliphatic carbocycles. The quantitative estimate of drug-likeness (QED) is 0.536. The first kappa shape index (κ1) is 19.0. The SMILES string of the molecule is CN=C(NCc1ccc(-n2cncn2)cc1)N1CCC(c2ccc(OC)cc2)C1. The van der Waals surface area contributed by atoms with Crippen molar-refractivity contribution in [2.45, 2.75) is 18.9 Å². The minimum atomic E-state index is 0.515. The molecule has 1 aliphatic heterocycles. The number of hydrogen-bond acceptors (Lipinski definition) is 4. The second-order valence-electron chi connectivity index (χ2n) is 7.11. The van der Waals surface area contributed by atoms with Crippen LogP contribution in [-0.4, -0.2) is 52.9 Å². The summed E-state index contributed by atoms with van der Waals surface area (Å²) in [5.74, 6) is 2.36. The van der Waals surface area contributed by atoms with E-state index in [-0.39, 0.29) is 0 Å². The van der Waals surface area contributed by atoms with Crippen molar-refractivity contribution in [1.82, 2.24) is 25.0 Å². The Labute approximate surface area is 171 Å². The Hall–Kier alpha value is -3.35. The molecular weight excluding hydrogens is 364 g/mol. The highest BCUT2D eigenvalue weighted by Gasteiger charge is 2.26. The Bertz CT molecular complexity index is 934. The zero-order valence-corrected chi connectivity index (χ0v) is 16.8. The maximum absolute atomic E-state index is 5.26. The fraction of sp³-hybridized carbons (Fsp3) is 0.318. The van der Waals surface area contributed by atoms with Crippen LogP contribution in [0.4, 0.5) is 0 Å². The number of nitrogens with zero attached hydrogens (tertiary/aromatic N) is 5. The lowest BCUT2D eigenvalue weighted by atomic mass is 9.98. The summed E-state index contributed by atoms with van der Waals surface area (Å²) < 4.78 is 7.01. The summed E-state index contributed by atoms with van der Waals surface area (Å²) in [6, 6.07) is 16.7. The zero-order valence-electron chi connectivity index (χ0n) is 16.8. The predicted octanol–water partition coefficient (Wildman–Crippen LogP) is 2.84. The Morgan fingerprint density at radius 2 is 1.97 bits per heavy atom. The molecule has 1 aromatic heterocycles. The van der Waals surface area contributed by atoms with Crippen LogP contribution < -0.4 is 10.1 Å². The molecule has 29 heavy (non-hydrogen) atoms. The third-order valence-electron chi connectivity index (χ3n) is 5.36. The van der Waals surface area contributed by atoms with Gasteiger partial charge in [-0.1, -0.05) is 24.3 Å². The van der Waals surface area contributed by atoms with Gasteiger partial charge in [0.2, 0.25) is 0 Å². The summed E-state index contributed by atoms with van der Waals surface area (Å²) in [7, 11) is 3.54. The summed E-state index contributed by atoms with van der Waals surface area (Å²) in [6.07, 6.45) is 4.36. The van der Waals surface area contributed by atoms with E-state index in [1.54, 1.807) is 18.1 Å². The number of aliphatic imine (C=N–C) groups is 1. The fourth-order valence-electron chi connectivity index (χ4n) is 3.72. The van der Waals surface area contributed by atoms with Gasteiger partial charge in [0, 0.05) is 32.6 Å². The van der Waals surface area contributed by atoms with Gasteiger partial charge in [0.15, 0.2) is 5.96 Å². The molecule has 2 aromatic carbocycles. The number of rotatable bonds is 5. The molecule has 1 saturated heterocycles. The minimum absolute atomic E-state index is 0.515. The van der Waals surface area contributed by atoms with E-state index < -0.39 is 0 Å². The maximum Gasteiger partial charge on any atom is 0.193 e. The molecule has 3 aromatic rings. The maximum atomic E-state index is 5.26. The monoisotopic (exact) mass is 390 g/mol. The summed E-state index contributed by atoms with van der Waals surface area (Å²) in [5, 5.41) is 7.65. The second kappa shape index (κ2) is 8.77. The first-order chi connectivity index (χ1) is 14.3. The van der Waals surface area contributed by atoms with Gasteiger partial charge in [-0.15, -0.1) is 0 Å². The van der Waals surface area contributed by atoms with Crippen molar-refractivity contribution in [3.8, 4) is 11.4 Å². The molecule has 0 bridgehead atoms. The molecule has 4 rings (SSSR count). The average molecular weight is 390 g/mol. The van der Waals surface area contributed by atoms with Crippen LogP contribution in [0.5, 0.6) is 5.75 Å². The number of aromatic nitrogens is 3. The standard InChI is InChI=1S/C22H26N6O/c1-23-22(25-13-17-3-7-20(8-4-17)28-16-24-15-26-28)27-12-11-19(14-27)18-5-9-21(29-2)10-6-18/h3-10,15-16,19H,11-14H2,1-2H3,(H,23,25). The van der Waals surface area contributed by atoms with Gasteiger partial charge >= 0.3 is 0 Å². The second-order valence-corrected chi connectivity index (χ2v) is 7.11. The van der Waals surface area contributed by atoms with Crippen LogP contribution in [0.25, 0.3) is 5.69 Å². The number of methoxy groups -OCH3 is 1.